The third-order valence-electron chi connectivity index (χ3n) is 3.29. The molecule has 118 valence electrons. The van der Waals surface area contributed by atoms with Crippen LogP contribution in [0.1, 0.15) is 24.0 Å². The molecule has 22 heavy (non-hydrogen) atoms. The maximum absolute atomic E-state index is 12.9. The van der Waals surface area contributed by atoms with Gasteiger partial charge in [0.05, 0.1) is 23.8 Å². The van der Waals surface area contributed by atoms with Crippen LogP contribution in [0.4, 0.5) is 23.7 Å². The maximum atomic E-state index is 12.9. The van der Waals surface area contributed by atoms with Crippen molar-refractivity contribution in [2.24, 2.45) is 0 Å². The first-order valence-corrected chi connectivity index (χ1v) is 6.66. The van der Waals surface area contributed by atoms with E-state index in [2.05, 4.69) is 5.32 Å². The number of carbonyl (C=O) groups is 1. The van der Waals surface area contributed by atoms with Gasteiger partial charge in [0.15, 0.2) is 0 Å². The first-order valence-electron chi connectivity index (χ1n) is 6.66. The van der Waals surface area contributed by atoms with Crippen molar-refractivity contribution in [2.45, 2.75) is 25.1 Å². The molecule has 2 amide bonds. The molecule has 1 aromatic carbocycles. The summed E-state index contributed by atoms with van der Waals surface area (Å²) in [5, 5.41) is 20.0. The van der Waals surface area contributed by atoms with Crippen molar-refractivity contribution in [1.82, 2.24) is 4.90 Å². The minimum atomic E-state index is -4.67. The molecule has 1 aliphatic carbocycles. The minimum absolute atomic E-state index is 0.0209. The predicted molar refractivity (Wildman–Crippen MR) is 72.0 cm³/mol. The summed E-state index contributed by atoms with van der Waals surface area (Å²) in [5.41, 5.74) is -1.63. The number of hydrogen-bond acceptors (Lipinski definition) is 3. The standard InChI is InChI=1S/C14H14F3N3O2/c15-14(16,17)12-7-10(2-1-9(12)8-18)19-13(22)20(5-6-21)11-3-4-11/h1-2,7,11,21H,3-6H2,(H,19,22). The van der Waals surface area contributed by atoms with Gasteiger partial charge >= 0.3 is 12.2 Å². The van der Waals surface area contributed by atoms with Crippen molar-refractivity contribution in [3.8, 4) is 6.07 Å². The molecule has 1 aliphatic rings. The van der Waals surface area contributed by atoms with Gasteiger partial charge in [0, 0.05) is 18.3 Å². The summed E-state index contributed by atoms with van der Waals surface area (Å²) in [7, 11) is 0. The third kappa shape index (κ3) is 3.68. The lowest BCUT2D eigenvalue weighted by Crippen LogP contribution is -2.38. The largest absolute Gasteiger partial charge is 0.417 e. The number of urea groups is 1. The van der Waals surface area contributed by atoms with Crippen LogP contribution >= 0.6 is 0 Å². The number of hydrogen-bond donors (Lipinski definition) is 2. The van der Waals surface area contributed by atoms with Crippen LogP contribution in [0.3, 0.4) is 0 Å². The van der Waals surface area contributed by atoms with Gasteiger partial charge in [-0.25, -0.2) is 4.79 Å². The molecule has 0 saturated heterocycles. The van der Waals surface area contributed by atoms with Gasteiger partial charge in [-0.05, 0) is 31.0 Å². The van der Waals surface area contributed by atoms with Crippen LogP contribution < -0.4 is 5.32 Å². The first-order chi connectivity index (χ1) is 10.4. The van der Waals surface area contributed by atoms with E-state index in [1.807, 2.05) is 0 Å². The van der Waals surface area contributed by atoms with Gasteiger partial charge < -0.3 is 15.3 Å². The molecule has 5 nitrogen and oxygen atoms in total. The van der Waals surface area contributed by atoms with Gasteiger partial charge in [-0.1, -0.05) is 0 Å². The molecule has 0 unspecified atom stereocenters. The van der Waals surface area contributed by atoms with E-state index < -0.39 is 23.3 Å². The molecule has 0 aromatic heterocycles. The van der Waals surface area contributed by atoms with Crippen LogP contribution in [0.15, 0.2) is 18.2 Å². The van der Waals surface area contributed by atoms with Crippen LogP contribution in [-0.4, -0.2) is 35.2 Å². The van der Waals surface area contributed by atoms with Crippen molar-refractivity contribution in [2.75, 3.05) is 18.5 Å². The zero-order chi connectivity index (χ0) is 16.3. The van der Waals surface area contributed by atoms with Crippen molar-refractivity contribution >= 4 is 11.7 Å². The molecule has 1 aromatic rings. The Morgan fingerprint density at radius 2 is 2.14 bits per heavy atom. The van der Waals surface area contributed by atoms with Crippen molar-refractivity contribution in [3.05, 3.63) is 29.3 Å². The fourth-order valence-corrected chi connectivity index (χ4v) is 2.09. The molecule has 0 heterocycles. The smallest absolute Gasteiger partial charge is 0.395 e. The number of anilines is 1. The second kappa shape index (κ2) is 6.23. The van der Waals surface area contributed by atoms with Gasteiger partial charge in [-0.15, -0.1) is 0 Å². The molecule has 1 saturated carbocycles. The molecule has 2 N–H and O–H groups in total. The van der Waals surface area contributed by atoms with E-state index in [9.17, 15) is 18.0 Å². The summed E-state index contributed by atoms with van der Waals surface area (Å²) in [4.78, 5) is 13.5. The van der Waals surface area contributed by atoms with E-state index in [1.165, 1.54) is 17.0 Å². The second-order valence-electron chi connectivity index (χ2n) is 4.95. The summed E-state index contributed by atoms with van der Waals surface area (Å²) in [5.74, 6) is 0. The number of halogens is 3. The lowest BCUT2D eigenvalue weighted by atomic mass is 10.1. The Hall–Kier alpha value is -2.27. The number of amides is 2. The number of nitrogens with one attached hydrogen (secondary N) is 1. The normalized spacial score (nSPS) is 14.3. The highest BCUT2D eigenvalue weighted by Gasteiger charge is 2.35. The number of aliphatic hydroxyl groups excluding tert-OH is 1. The highest BCUT2D eigenvalue weighted by Crippen LogP contribution is 2.34. The summed E-state index contributed by atoms with van der Waals surface area (Å²) < 4.78 is 38.6. The molecule has 0 spiro atoms. The number of rotatable bonds is 4. The Kier molecular flexibility index (Phi) is 4.56. The number of benzene rings is 1. The van der Waals surface area contributed by atoms with Crippen LogP contribution in [0.2, 0.25) is 0 Å². The highest BCUT2D eigenvalue weighted by molar-refractivity contribution is 5.90. The summed E-state index contributed by atoms with van der Waals surface area (Å²) in [6.45, 7) is -0.0933. The number of nitriles is 1. The monoisotopic (exact) mass is 313 g/mol. The number of carbonyl (C=O) groups excluding carboxylic acids is 1. The summed E-state index contributed by atoms with van der Waals surface area (Å²) in [6, 6.07) is 3.94. The Balaban J connectivity index is 2.19. The molecule has 0 radical (unpaired) electrons. The van der Waals surface area contributed by atoms with E-state index in [-0.39, 0.29) is 24.9 Å². The SMILES string of the molecule is N#Cc1ccc(NC(=O)N(CCO)C2CC2)cc1C(F)(F)F. The fraction of sp³-hybridized carbons (Fsp3) is 0.429. The van der Waals surface area contributed by atoms with Crippen molar-refractivity contribution < 1.29 is 23.1 Å². The zero-order valence-corrected chi connectivity index (χ0v) is 11.5. The molecule has 0 bridgehead atoms. The van der Waals surface area contributed by atoms with E-state index in [4.69, 9.17) is 10.4 Å². The molecule has 0 aliphatic heterocycles. The van der Waals surface area contributed by atoms with Gasteiger partial charge in [0.2, 0.25) is 0 Å². The molecule has 1 fully saturated rings. The number of nitrogens with zero attached hydrogens (tertiary/aromatic N) is 2. The molecule has 2 rings (SSSR count). The Labute approximate surface area is 124 Å². The van der Waals surface area contributed by atoms with Gasteiger partial charge in [0.25, 0.3) is 0 Å². The van der Waals surface area contributed by atoms with E-state index in [0.717, 1.165) is 25.0 Å². The van der Waals surface area contributed by atoms with Gasteiger partial charge in [-0.3, -0.25) is 0 Å². The van der Waals surface area contributed by atoms with Crippen LogP contribution in [-0.2, 0) is 6.18 Å². The van der Waals surface area contributed by atoms with E-state index in [1.54, 1.807) is 0 Å². The Bertz CT molecular complexity index is 606. The van der Waals surface area contributed by atoms with Crippen LogP contribution in [0.5, 0.6) is 0 Å². The summed E-state index contributed by atoms with van der Waals surface area (Å²) in [6.07, 6.45) is -3.05. The van der Waals surface area contributed by atoms with Crippen molar-refractivity contribution in [1.29, 1.82) is 5.26 Å². The van der Waals surface area contributed by atoms with Gasteiger partial charge in [0.1, 0.15) is 0 Å². The van der Waals surface area contributed by atoms with E-state index in [0.29, 0.717) is 0 Å². The molecular weight excluding hydrogens is 299 g/mol. The minimum Gasteiger partial charge on any atom is -0.395 e. The quantitative estimate of drug-likeness (QED) is 0.897. The number of aliphatic hydroxyl groups is 1. The number of alkyl halides is 3. The predicted octanol–water partition coefficient (Wildman–Crippen LogP) is 2.57. The highest BCUT2D eigenvalue weighted by atomic mass is 19.4. The fourth-order valence-electron chi connectivity index (χ4n) is 2.09. The van der Waals surface area contributed by atoms with Gasteiger partial charge in [-0.2, -0.15) is 18.4 Å². The lowest BCUT2D eigenvalue weighted by Gasteiger charge is -2.22. The maximum Gasteiger partial charge on any atom is 0.417 e. The Morgan fingerprint density at radius 1 is 1.45 bits per heavy atom. The van der Waals surface area contributed by atoms with Crippen LogP contribution in [0, 0.1) is 11.3 Å². The first kappa shape index (κ1) is 16.1. The molecular formula is C14H14F3N3O2. The average molecular weight is 313 g/mol. The molecule has 0 atom stereocenters. The topological polar surface area (TPSA) is 76.4 Å². The second-order valence-corrected chi connectivity index (χ2v) is 4.95. The van der Waals surface area contributed by atoms with Crippen molar-refractivity contribution in [3.63, 3.8) is 0 Å². The summed E-state index contributed by atoms with van der Waals surface area (Å²) >= 11 is 0. The van der Waals surface area contributed by atoms with Crippen LogP contribution in [0.25, 0.3) is 0 Å². The van der Waals surface area contributed by atoms with E-state index >= 15 is 0 Å². The third-order valence-corrected chi connectivity index (χ3v) is 3.29. The average Bonchev–Trinajstić information content (AvgIpc) is 3.28. The molecule has 8 heteroatoms. The lowest BCUT2D eigenvalue weighted by molar-refractivity contribution is -0.137. The zero-order valence-electron chi connectivity index (χ0n) is 11.5. The Morgan fingerprint density at radius 3 is 2.64 bits per heavy atom.